The van der Waals surface area contributed by atoms with E-state index in [0.29, 0.717) is 22.7 Å². The van der Waals surface area contributed by atoms with Gasteiger partial charge in [0, 0.05) is 12.4 Å². The van der Waals surface area contributed by atoms with E-state index in [4.69, 9.17) is 9.47 Å². The highest BCUT2D eigenvalue weighted by molar-refractivity contribution is 5.73. The first-order chi connectivity index (χ1) is 14.2. The van der Waals surface area contributed by atoms with Crippen LogP contribution >= 0.6 is 0 Å². The zero-order chi connectivity index (χ0) is 19.8. The van der Waals surface area contributed by atoms with Crippen LogP contribution < -0.4 is 20.7 Å². The van der Waals surface area contributed by atoms with Gasteiger partial charge in [0.15, 0.2) is 17.0 Å². The molecule has 4 aromatic rings. The molecule has 0 N–H and O–H groups in total. The van der Waals surface area contributed by atoms with Gasteiger partial charge in [-0.25, -0.2) is 9.78 Å². The summed E-state index contributed by atoms with van der Waals surface area (Å²) < 4.78 is 13.4. The molecule has 0 unspecified atom stereocenters. The number of rotatable bonds is 4. The van der Waals surface area contributed by atoms with Gasteiger partial charge in [0.2, 0.25) is 6.79 Å². The SMILES string of the molecule is O=c1c2ncccc2n(Cc2ccccn2)c(=O)n1Cc1ccc2c(c1)OCO2. The predicted octanol–water partition coefficient (Wildman–Crippen LogP) is 1.78. The maximum atomic E-state index is 13.3. The van der Waals surface area contributed by atoms with Crippen molar-refractivity contribution in [3.05, 3.63) is 93.0 Å². The van der Waals surface area contributed by atoms with Crippen molar-refractivity contribution in [2.45, 2.75) is 13.1 Å². The van der Waals surface area contributed by atoms with Crippen molar-refractivity contribution in [1.29, 1.82) is 0 Å². The molecule has 29 heavy (non-hydrogen) atoms. The van der Waals surface area contributed by atoms with Gasteiger partial charge in [0.05, 0.1) is 24.3 Å². The molecule has 8 heteroatoms. The third-order valence-electron chi connectivity index (χ3n) is 4.81. The Hall–Kier alpha value is -3.94. The number of aromatic nitrogens is 4. The fourth-order valence-electron chi connectivity index (χ4n) is 3.41. The van der Waals surface area contributed by atoms with Gasteiger partial charge in [-0.15, -0.1) is 0 Å². The molecule has 1 aliphatic rings. The smallest absolute Gasteiger partial charge is 0.332 e. The average molecular weight is 388 g/mol. The summed E-state index contributed by atoms with van der Waals surface area (Å²) in [7, 11) is 0. The van der Waals surface area contributed by atoms with Crippen molar-refractivity contribution in [2.24, 2.45) is 0 Å². The molecular formula is C21H16N4O4. The molecule has 8 nitrogen and oxygen atoms in total. The fourth-order valence-corrected chi connectivity index (χ4v) is 3.41. The van der Waals surface area contributed by atoms with Gasteiger partial charge in [-0.1, -0.05) is 12.1 Å². The second-order valence-electron chi connectivity index (χ2n) is 6.64. The molecule has 144 valence electrons. The van der Waals surface area contributed by atoms with Crippen LogP contribution in [0.15, 0.2) is 70.5 Å². The minimum atomic E-state index is -0.430. The van der Waals surface area contributed by atoms with E-state index < -0.39 is 11.2 Å². The van der Waals surface area contributed by atoms with E-state index >= 15 is 0 Å². The zero-order valence-electron chi connectivity index (χ0n) is 15.3. The second kappa shape index (κ2) is 6.90. The van der Waals surface area contributed by atoms with E-state index in [1.165, 1.54) is 9.13 Å². The third-order valence-corrected chi connectivity index (χ3v) is 4.81. The summed E-state index contributed by atoms with van der Waals surface area (Å²) in [4.78, 5) is 34.8. The Kier molecular flexibility index (Phi) is 4.09. The summed E-state index contributed by atoms with van der Waals surface area (Å²) in [6.45, 7) is 0.502. The largest absolute Gasteiger partial charge is 0.454 e. The number of hydrogen-bond donors (Lipinski definition) is 0. The Bertz CT molecular complexity index is 1330. The number of fused-ring (bicyclic) bond motifs is 2. The molecule has 3 aromatic heterocycles. The van der Waals surface area contributed by atoms with Crippen molar-refractivity contribution in [3.8, 4) is 11.5 Å². The van der Waals surface area contributed by atoms with Crippen molar-refractivity contribution < 1.29 is 9.47 Å². The monoisotopic (exact) mass is 388 g/mol. The number of pyridine rings is 2. The predicted molar refractivity (Wildman–Crippen MR) is 105 cm³/mol. The van der Waals surface area contributed by atoms with Gasteiger partial charge in [-0.2, -0.15) is 0 Å². The average Bonchev–Trinajstić information content (AvgIpc) is 3.23. The van der Waals surface area contributed by atoms with E-state index in [9.17, 15) is 9.59 Å². The van der Waals surface area contributed by atoms with Crippen LogP contribution in [0.1, 0.15) is 11.3 Å². The fraction of sp³-hybridized carbons (Fsp3) is 0.143. The first-order valence-electron chi connectivity index (χ1n) is 9.07. The van der Waals surface area contributed by atoms with Crippen LogP contribution in [0.4, 0.5) is 0 Å². The maximum absolute atomic E-state index is 13.3. The molecular weight excluding hydrogens is 372 g/mol. The quantitative estimate of drug-likeness (QED) is 0.530. The Labute approximate surface area is 164 Å². The van der Waals surface area contributed by atoms with E-state index in [1.807, 2.05) is 24.3 Å². The lowest BCUT2D eigenvalue weighted by atomic mass is 10.2. The molecule has 0 fully saturated rings. The second-order valence-corrected chi connectivity index (χ2v) is 6.64. The van der Waals surface area contributed by atoms with Gasteiger partial charge < -0.3 is 9.47 Å². The van der Waals surface area contributed by atoms with Crippen LogP contribution in [0.5, 0.6) is 11.5 Å². The highest BCUT2D eigenvalue weighted by Crippen LogP contribution is 2.32. The number of ether oxygens (including phenoxy) is 2. The summed E-state index contributed by atoms with van der Waals surface area (Å²) in [5, 5.41) is 0. The Morgan fingerprint density at radius 2 is 1.72 bits per heavy atom. The normalized spacial score (nSPS) is 12.4. The van der Waals surface area contributed by atoms with Gasteiger partial charge in [0.25, 0.3) is 5.56 Å². The van der Waals surface area contributed by atoms with E-state index in [0.717, 1.165) is 5.56 Å². The van der Waals surface area contributed by atoms with Crippen molar-refractivity contribution in [2.75, 3.05) is 6.79 Å². The molecule has 0 radical (unpaired) electrons. The van der Waals surface area contributed by atoms with Gasteiger partial charge in [-0.05, 0) is 42.0 Å². The summed E-state index contributed by atoms with van der Waals surface area (Å²) in [5.74, 6) is 1.25. The van der Waals surface area contributed by atoms with Gasteiger partial charge in [-0.3, -0.25) is 18.9 Å². The van der Waals surface area contributed by atoms with Gasteiger partial charge >= 0.3 is 5.69 Å². The van der Waals surface area contributed by atoms with Crippen LogP contribution in [0, 0.1) is 0 Å². The number of benzene rings is 1. The molecule has 0 spiro atoms. The first kappa shape index (κ1) is 17.2. The first-order valence-corrected chi connectivity index (χ1v) is 9.07. The van der Waals surface area contributed by atoms with E-state index in [1.54, 1.807) is 36.7 Å². The van der Waals surface area contributed by atoms with Crippen molar-refractivity contribution >= 4 is 11.0 Å². The summed E-state index contributed by atoms with van der Waals surface area (Å²) in [6.07, 6.45) is 3.22. The highest BCUT2D eigenvalue weighted by Gasteiger charge is 2.17. The molecule has 1 aliphatic heterocycles. The Balaban J connectivity index is 1.65. The van der Waals surface area contributed by atoms with E-state index in [-0.39, 0.29) is 25.4 Å². The zero-order valence-corrected chi connectivity index (χ0v) is 15.3. The van der Waals surface area contributed by atoms with Crippen LogP contribution in [0.3, 0.4) is 0 Å². The molecule has 0 amide bonds. The van der Waals surface area contributed by atoms with Crippen LogP contribution in [-0.4, -0.2) is 25.9 Å². The highest BCUT2D eigenvalue weighted by atomic mass is 16.7. The van der Waals surface area contributed by atoms with Crippen LogP contribution in [0.2, 0.25) is 0 Å². The van der Waals surface area contributed by atoms with Gasteiger partial charge in [0.1, 0.15) is 0 Å². The molecule has 0 atom stereocenters. The summed E-state index contributed by atoms with van der Waals surface area (Å²) in [5.41, 5.74) is 1.35. The molecule has 4 heterocycles. The van der Waals surface area contributed by atoms with Crippen molar-refractivity contribution in [3.63, 3.8) is 0 Å². The number of hydrogen-bond acceptors (Lipinski definition) is 6. The third kappa shape index (κ3) is 3.04. The lowest BCUT2D eigenvalue weighted by Gasteiger charge is -2.13. The molecule has 0 saturated heterocycles. The lowest BCUT2D eigenvalue weighted by Crippen LogP contribution is -2.41. The molecule has 0 bridgehead atoms. The molecule has 1 aromatic carbocycles. The molecule has 0 aliphatic carbocycles. The standard InChI is InChI=1S/C21H16N4O4/c26-20-19-16(5-3-9-23-19)24(12-15-4-1-2-8-22-15)21(27)25(20)11-14-6-7-17-18(10-14)29-13-28-17/h1-10H,11-13H2. The Morgan fingerprint density at radius 3 is 2.59 bits per heavy atom. The summed E-state index contributed by atoms with van der Waals surface area (Å²) >= 11 is 0. The lowest BCUT2D eigenvalue weighted by molar-refractivity contribution is 0.174. The maximum Gasteiger partial charge on any atom is 0.332 e. The van der Waals surface area contributed by atoms with Crippen LogP contribution in [0.25, 0.3) is 11.0 Å². The minimum Gasteiger partial charge on any atom is -0.454 e. The number of nitrogens with zero attached hydrogens (tertiary/aromatic N) is 4. The summed E-state index contributed by atoms with van der Waals surface area (Å²) in [6, 6.07) is 14.3. The van der Waals surface area contributed by atoms with Crippen LogP contribution in [-0.2, 0) is 13.1 Å². The topological polar surface area (TPSA) is 88.2 Å². The molecule has 0 saturated carbocycles. The van der Waals surface area contributed by atoms with E-state index in [2.05, 4.69) is 9.97 Å². The minimum absolute atomic E-state index is 0.100. The Morgan fingerprint density at radius 1 is 0.862 bits per heavy atom. The van der Waals surface area contributed by atoms with Crippen molar-refractivity contribution in [1.82, 2.24) is 19.1 Å². The molecule has 5 rings (SSSR count).